The number of nitrogens with one attached hydrogen (secondary N) is 2. The van der Waals surface area contributed by atoms with E-state index in [1.165, 1.54) is 5.56 Å². The molecular formula is C31H37N3O3. The minimum atomic E-state index is -0.252. The van der Waals surface area contributed by atoms with E-state index >= 15 is 0 Å². The highest BCUT2D eigenvalue weighted by molar-refractivity contribution is 6.00. The molecule has 0 aliphatic carbocycles. The average molecular weight is 500 g/mol. The third-order valence-electron chi connectivity index (χ3n) is 7.25. The van der Waals surface area contributed by atoms with Gasteiger partial charge >= 0.3 is 12.0 Å². The number of pyridine rings is 1. The first-order valence-electron chi connectivity index (χ1n) is 13.1. The van der Waals surface area contributed by atoms with Crippen molar-refractivity contribution in [1.29, 1.82) is 0 Å². The normalized spacial score (nSPS) is 17.6. The van der Waals surface area contributed by atoms with E-state index in [0.717, 1.165) is 54.6 Å². The van der Waals surface area contributed by atoms with Crippen LogP contribution in [0.4, 0.5) is 16.2 Å². The molecule has 2 amide bonds. The molecule has 0 saturated carbocycles. The molecule has 1 aliphatic heterocycles. The van der Waals surface area contributed by atoms with Gasteiger partial charge < -0.3 is 15.4 Å². The summed E-state index contributed by atoms with van der Waals surface area (Å²) in [6.07, 6.45) is 8.72. The highest BCUT2D eigenvalue weighted by Gasteiger charge is 2.31. The van der Waals surface area contributed by atoms with Crippen LogP contribution in [0.3, 0.4) is 0 Å². The number of carbonyl (C=O) groups is 2. The van der Waals surface area contributed by atoms with Crippen molar-refractivity contribution in [2.75, 3.05) is 10.6 Å². The number of carbonyl (C=O) groups excluding carboxylic acids is 2. The largest absolute Gasteiger partial charge is 0.462 e. The van der Waals surface area contributed by atoms with Gasteiger partial charge in [-0.05, 0) is 91.3 Å². The predicted molar refractivity (Wildman–Crippen MR) is 148 cm³/mol. The maximum Gasteiger partial charge on any atom is 0.323 e. The summed E-state index contributed by atoms with van der Waals surface area (Å²) in [6, 6.07) is 19.5. The molecule has 2 atom stereocenters. The lowest BCUT2D eigenvalue weighted by Gasteiger charge is -2.32. The van der Waals surface area contributed by atoms with E-state index in [0.29, 0.717) is 6.42 Å². The fourth-order valence-corrected chi connectivity index (χ4v) is 4.84. The fourth-order valence-electron chi connectivity index (χ4n) is 4.84. The highest BCUT2D eigenvalue weighted by atomic mass is 16.5. The standard InChI is InChI=1S/C31H37N3O3/c1-22-7-4-5-9-28(22)34-30(36)33-26-12-10-23(11-13-26)14-16-31(2,3)17-15-27-19-25(20-29(35)37-27)24-8-6-18-32-21-24/h4-13,18,21,25,27H,14-17,19-20H2,1-3H3,(H2,33,34,36)/t25?,27-/m0/s1. The summed E-state index contributed by atoms with van der Waals surface area (Å²) < 4.78 is 5.69. The van der Waals surface area contributed by atoms with Gasteiger partial charge in [0, 0.05) is 23.8 Å². The van der Waals surface area contributed by atoms with Crippen LogP contribution in [0.5, 0.6) is 0 Å². The molecule has 1 aliphatic rings. The average Bonchev–Trinajstić information content (AvgIpc) is 2.89. The molecule has 194 valence electrons. The number of aromatic nitrogens is 1. The number of nitrogens with zero attached hydrogens (tertiary/aromatic N) is 1. The van der Waals surface area contributed by atoms with Crippen LogP contribution in [0.25, 0.3) is 0 Å². The second kappa shape index (κ2) is 12.0. The van der Waals surface area contributed by atoms with Gasteiger partial charge in [-0.1, -0.05) is 50.2 Å². The lowest BCUT2D eigenvalue weighted by atomic mass is 9.79. The molecule has 6 heteroatoms. The molecule has 1 fully saturated rings. The van der Waals surface area contributed by atoms with Crippen molar-refractivity contribution < 1.29 is 14.3 Å². The molecule has 1 aromatic heterocycles. The fraction of sp³-hybridized carbons (Fsp3) is 0.387. The summed E-state index contributed by atoms with van der Waals surface area (Å²) >= 11 is 0. The van der Waals surface area contributed by atoms with E-state index in [4.69, 9.17) is 4.74 Å². The summed E-state index contributed by atoms with van der Waals surface area (Å²) in [5.74, 6) is 0.0816. The van der Waals surface area contributed by atoms with Crippen LogP contribution in [0, 0.1) is 12.3 Å². The molecule has 3 aromatic rings. The summed E-state index contributed by atoms with van der Waals surface area (Å²) in [5.41, 5.74) is 5.06. The Bertz CT molecular complexity index is 1190. The van der Waals surface area contributed by atoms with Crippen molar-refractivity contribution in [3.8, 4) is 0 Å². The lowest BCUT2D eigenvalue weighted by molar-refractivity contribution is -0.155. The number of anilines is 2. The van der Waals surface area contributed by atoms with Crippen molar-refractivity contribution in [3.05, 3.63) is 89.7 Å². The van der Waals surface area contributed by atoms with Crippen LogP contribution in [-0.2, 0) is 16.0 Å². The Hall–Kier alpha value is -3.67. The van der Waals surface area contributed by atoms with Crippen LogP contribution in [0.1, 0.15) is 68.6 Å². The van der Waals surface area contributed by atoms with Crippen LogP contribution in [0.2, 0.25) is 0 Å². The van der Waals surface area contributed by atoms with Gasteiger partial charge in [0.15, 0.2) is 0 Å². The van der Waals surface area contributed by atoms with E-state index in [1.54, 1.807) is 6.20 Å². The minimum absolute atomic E-state index is 0.0399. The van der Waals surface area contributed by atoms with E-state index in [9.17, 15) is 9.59 Å². The first kappa shape index (κ1) is 26.4. The first-order chi connectivity index (χ1) is 17.8. The SMILES string of the molecule is Cc1ccccc1NC(=O)Nc1ccc(CCC(C)(C)CC[C@H]2CC(c3cccnc3)CC(=O)O2)cc1. The highest BCUT2D eigenvalue weighted by Crippen LogP contribution is 2.35. The molecule has 6 nitrogen and oxygen atoms in total. The van der Waals surface area contributed by atoms with Gasteiger partial charge in [-0.15, -0.1) is 0 Å². The zero-order valence-corrected chi connectivity index (χ0v) is 22.0. The van der Waals surface area contributed by atoms with Crippen LogP contribution in [0.15, 0.2) is 73.1 Å². The first-order valence-corrected chi connectivity index (χ1v) is 13.1. The van der Waals surface area contributed by atoms with Gasteiger partial charge in [-0.25, -0.2) is 4.79 Å². The maximum atomic E-state index is 12.3. The second-order valence-corrected chi connectivity index (χ2v) is 10.8. The number of esters is 1. The van der Waals surface area contributed by atoms with Crippen LogP contribution < -0.4 is 10.6 Å². The predicted octanol–water partition coefficient (Wildman–Crippen LogP) is 7.26. The zero-order chi connectivity index (χ0) is 26.3. The molecule has 1 unspecified atom stereocenters. The van der Waals surface area contributed by atoms with Gasteiger partial charge in [-0.3, -0.25) is 9.78 Å². The quantitative estimate of drug-likeness (QED) is 0.304. The van der Waals surface area contributed by atoms with Crippen LogP contribution >= 0.6 is 0 Å². The topological polar surface area (TPSA) is 80.3 Å². The summed E-state index contributed by atoms with van der Waals surface area (Å²) in [5, 5.41) is 5.79. The van der Waals surface area contributed by atoms with Gasteiger partial charge in [0.25, 0.3) is 0 Å². The number of hydrogen-bond donors (Lipinski definition) is 2. The molecule has 0 bridgehead atoms. The zero-order valence-electron chi connectivity index (χ0n) is 22.0. The summed E-state index contributed by atoms with van der Waals surface area (Å²) in [4.78, 5) is 28.8. The summed E-state index contributed by atoms with van der Waals surface area (Å²) in [6.45, 7) is 6.52. The Morgan fingerprint density at radius 2 is 1.81 bits per heavy atom. The van der Waals surface area contributed by atoms with Crippen molar-refractivity contribution >= 4 is 23.4 Å². The van der Waals surface area contributed by atoms with Crippen LogP contribution in [-0.4, -0.2) is 23.1 Å². The Kier molecular flexibility index (Phi) is 8.59. The van der Waals surface area contributed by atoms with Gasteiger partial charge in [-0.2, -0.15) is 0 Å². The molecular weight excluding hydrogens is 462 g/mol. The van der Waals surface area contributed by atoms with Gasteiger partial charge in [0.1, 0.15) is 6.10 Å². The van der Waals surface area contributed by atoms with Crippen molar-refractivity contribution in [3.63, 3.8) is 0 Å². The van der Waals surface area contributed by atoms with Crippen molar-refractivity contribution in [2.24, 2.45) is 5.41 Å². The number of cyclic esters (lactones) is 1. The number of ether oxygens (including phenoxy) is 1. The third kappa shape index (κ3) is 7.91. The molecule has 37 heavy (non-hydrogen) atoms. The molecule has 2 aromatic carbocycles. The second-order valence-electron chi connectivity index (χ2n) is 10.8. The van der Waals surface area contributed by atoms with E-state index < -0.39 is 0 Å². The monoisotopic (exact) mass is 499 g/mol. The number of aryl methyl sites for hydroxylation is 2. The smallest absolute Gasteiger partial charge is 0.323 e. The minimum Gasteiger partial charge on any atom is -0.462 e. The van der Waals surface area contributed by atoms with Gasteiger partial charge in [0.05, 0.1) is 6.42 Å². The van der Waals surface area contributed by atoms with E-state index in [1.807, 2.05) is 55.6 Å². The molecule has 1 saturated heterocycles. The Labute approximate surface area is 219 Å². The number of amides is 2. The molecule has 4 rings (SSSR count). The molecule has 0 spiro atoms. The van der Waals surface area contributed by atoms with Crippen molar-refractivity contribution in [2.45, 2.75) is 71.3 Å². The summed E-state index contributed by atoms with van der Waals surface area (Å²) in [7, 11) is 0. The molecule has 2 heterocycles. The lowest BCUT2D eigenvalue weighted by Crippen LogP contribution is -2.30. The van der Waals surface area contributed by atoms with E-state index in [2.05, 4.69) is 47.7 Å². The molecule has 0 radical (unpaired) electrons. The number of benzene rings is 2. The molecule has 2 N–H and O–H groups in total. The Morgan fingerprint density at radius 3 is 2.54 bits per heavy atom. The Morgan fingerprint density at radius 1 is 1.03 bits per heavy atom. The van der Waals surface area contributed by atoms with Gasteiger partial charge in [0.2, 0.25) is 0 Å². The number of hydrogen-bond acceptors (Lipinski definition) is 4. The number of rotatable bonds is 9. The Balaban J connectivity index is 1.23. The maximum absolute atomic E-state index is 12.3. The number of para-hydroxylation sites is 1. The number of urea groups is 1. The van der Waals surface area contributed by atoms with E-state index in [-0.39, 0.29) is 29.4 Å². The third-order valence-corrected chi connectivity index (χ3v) is 7.25. The van der Waals surface area contributed by atoms with Crippen molar-refractivity contribution in [1.82, 2.24) is 4.98 Å².